The van der Waals surface area contributed by atoms with Gasteiger partial charge in [-0.05, 0) is 46.2 Å². The molecule has 1 saturated heterocycles. The molecular weight excluding hydrogens is 264 g/mol. The zero-order valence-electron chi connectivity index (χ0n) is 13.8. The van der Waals surface area contributed by atoms with Gasteiger partial charge in [-0.1, -0.05) is 6.92 Å². The minimum atomic E-state index is 0.656. The number of likely N-dealkylation sites (tertiary alicyclic amines) is 1. The van der Waals surface area contributed by atoms with E-state index in [2.05, 4.69) is 39.8 Å². The highest BCUT2D eigenvalue weighted by molar-refractivity contribution is 5.29. The molecule has 1 aliphatic rings. The number of likely N-dealkylation sites (N-methyl/N-ethyl adjacent to an activating group) is 1. The summed E-state index contributed by atoms with van der Waals surface area (Å²) >= 11 is 0. The van der Waals surface area contributed by atoms with Gasteiger partial charge < -0.3 is 14.6 Å². The third-order valence-corrected chi connectivity index (χ3v) is 4.19. The van der Waals surface area contributed by atoms with Gasteiger partial charge in [0.2, 0.25) is 5.95 Å². The van der Waals surface area contributed by atoms with Gasteiger partial charge in [-0.25, -0.2) is 4.98 Å². The van der Waals surface area contributed by atoms with Gasteiger partial charge in [0.25, 0.3) is 0 Å². The highest BCUT2D eigenvalue weighted by atomic mass is 16.5. The lowest BCUT2D eigenvalue weighted by Gasteiger charge is -2.23. The second kappa shape index (κ2) is 8.39. The quantitative estimate of drug-likeness (QED) is 0.711. The number of nitrogens with zero attached hydrogens (tertiary/aromatic N) is 3. The Hall–Kier alpha value is -1.07. The van der Waals surface area contributed by atoms with E-state index >= 15 is 0 Å². The highest BCUT2D eigenvalue weighted by Gasteiger charge is 2.22. The minimum absolute atomic E-state index is 0.656. The van der Waals surface area contributed by atoms with Crippen molar-refractivity contribution in [1.82, 2.24) is 14.5 Å². The summed E-state index contributed by atoms with van der Waals surface area (Å²) in [5.41, 5.74) is 1.08. The third kappa shape index (κ3) is 4.71. The Morgan fingerprint density at radius 2 is 2.29 bits per heavy atom. The SMILES string of the molecule is CCOCCCn1cc(C)nc1NCC1CCCN1CC. The summed E-state index contributed by atoms with van der Waals surface area (Å²) in [6.45, 7) is 12.3. The topological polar surface area (TPSA) is 42.3 Å². The van der Waals surface area contributed by atoms with Crippen LogP contribution in [-0.4, -0.2) is 53.3 Å². The maximum Gasteiger partial charge on any atom is 0.203 e. The number of rotatable bonds is 9. The zero-order chi connectivity index (χ0) is 15.1. The molecule has 1 aromatic rings. The van der Waals surface area contributed by atoms with Crippen LogP contribution in [0.2, 0.25) is 0 Å². The zero-order valence-corrected chi connectivity index (χ0v) is 13.8. The number of aryl methyl sites for hydroxylation is 2. The first kappa shape index (κ1) is 16.3. The van der Waals surface area contributed by atoms with Crippen molar-refractivity contribution in [2.24, 2.45) is 0 Å². The molecule has 2 heterocycles. The summed E-state index contributed by atoms with van der Waals surface area (Å²) in [7, 11) is 0. The number of imidazole rings is 1. The van der Waals surface area contributed by atoms with E-state index in [4.69, 9.17) is 4.74 Å². The standard InChI is InChI=1S/C16H30N4O/c1-4-19-9-6-8-15(19)12-17-16-18-14(3)13-20(16)10-7-11-21-5-2/h13,15H,4-12H2,1-3H3,(H,17,18). The fraction of sp³-hybridized carbons (Fsp3) is 0.812. The molecule has 0 aromatic carbocycles. The molecule has 21 heavy (non-hydrogen) atoms. The van der Waals surface area contributed by atoms with E-state index in [1.165, 1.54) is 19.4 Å². The fourth-order valence-corrected chi connectivity index (χ4v) is 3.09. The summed E-state index contributed by atoms with van der Waals surface area (Å²) < 4.78 is 7.63. The van der Waals surface area contributed by atoms with Crippen LogP contribution in [0.15, 0.2) is 6.20 Å². The number of aromatic nitrogens is 2. The molecule has 1 fully saturated rings. The Kier molecular flexibility index (Phi) is 6.51. The van der Waals surface area contributed by atoms with Gasteiger partial charge in [-0.15, -0.1) is 0 Å². The molecule has 1 aromatic heterocycles. The molecule has 1 atom stereocenters. The van der Waals surface area contributed by atoms with E-state index in [1.807, 2.05) is 6.92 Å². The molecule has 5 nitrogen and oxygen atoms in total. The maximum atomic E-state index is 5.41. The second-order valence-corrected chi connectivity index (χ2v) is 5.76. The van der Waals surface area contributed by atoms with Crippen LogP contribution in [0.1, 0.15) is 38.8 Å². The van der Waals surface area contributed by atoms with E-state index in [0.717, 1.165) is 50.9 Å². The van der Waals surface area contributed by atoms with Crippen LogP contribution in [0.3, 0.4) is 0 Å². The van der Waals surface area contributed by atoms with E-state index in [0.29, 0.717) is 6.04 Å². The molecule has 0 spiro atoms. The van der Waals surface area contributed by atoms with Gasteiger partial charge >= 0.3 is 0 Å². The van der Waals surface area contributed by atoms with Gasteiger partial charge in [0, 0.05) is 38.5 Å². The van der Waals surface area contributed by atoms with Crippen molar-refractivity contribution in [3.05, 3.63) is 11.9 Å². The molecule has 0 saturated carbocycles. The lowest BCUT2D eigenvalue weighted by molar-refractivity contribution is 0.142. The summed E-state index contributed by atoms with van der Waals surface area (Å²) in [5.74, 6) is 1.01. The van der Waals surface area contributed by atoms with Crippen molar-refractivity contribution >= 4 is 5.95 Å². The van der Waals surface area contributed by atoms with Crippen LogP contribution in [0, 0.1) is 6.92 Å². The molecule has 0 amide bonds. The predicted molar refractivity (Wildman–Crippen MR) is 86.8 cm³/mol. The second-order valence-electron chi connectivity index (χ2n) is 5.76. The smallest absolute Gasteiger partial charge is 0.203 e. The number of hydrogen-bond donors (Lipinski definition) is 1. The molecule has 1 aliphatic heterocycles. The highest BCUT2D eigenvalue weighted by Crippen LogP contribution is 2.17. The molecular formula is C16H30N4O. The average molecular weight is 294 g/mol. The number of hydrogen-bond acceptors (Lipinski definition) is 4. The summed E-state index contributed by atoms with van der Waals surface area (Å²) in [5, 5.41) is 3.55. The van der Waals surface area contributed by atoms with Crippen molar-refractivity contribution < 1.29 is 4.74 Å². The Labute approximate surface area is 128 Å². The first-order chi connectivity index (χ1) is 10.2. The van der Waals surface area contributed by atoms with Gasteiger partial charge in [-0.2, -0.15) is 0 Å². The lowest BCUT2D eigenvalue weighted by atomic mass is 10.2. The Morgan fingerprint density at radius 1 is 1.43 bits per heavy atom. The third-order valence-electron chi connectivity index (χ3n) is 4.19. The van der Waals surface area contributed by atoms with Crippen LogP contribution in [-0.2, 0) is 11.3 Å². The Balaban J connectivity index is 1.84. The summed E-state index contributed by atoms with van der Waals surface area (Å²) in [4.78, 5) is 7.17. The summed E-state index contributed by atoms with van der Waals surface area (Å²) in [6.07, 6.45) is 5.77. The number of ether oxygens (including phenoxy) is 1. The van der Waals surface area contributed by atoms with Crippen LogP contribution >= 0.6 is 0 Å². The van der Waals surface area contributed by atoms with E-state index in [1.54, 1.807) is 0 Å². The Bertz CT molecular complexity index is 418. The molecule has 120 valence electrons. The van der Waals surface area contributed by atoms with Gasteiger partial charge in [0.1, 0.15) is 0 Å². The van der Waals surface area contributed by atoms with Crippen LogP contribution in [0.4, 0.5) is 5.95 Å². The van der Waals surface area contributed by atoms with Crippen LogP contribution < -0.4 is 5.32 Å². The van der Waals surface area contributed by atoms with Crippen molar-refractivity contribution in [3.8, 4) is 0 Å². The normalized spacial score (nSPS) is 19.3. The molecule has 5 heteroatoms. The monoisotopic (exact) mass is 294 g/mol. The molecule has 2 rings (SSSR count). The van der Waals surface area contributed by atoms with Gasteiger partial charge in [0.15, 0.2) is 0 Å². The first-order valence-electron chi connectivity index (χ1n) is 8.34. The van der Waals surface area contributed by atoms with Crippen molar-refractivity contribution in [2.75, 3.05) is 38.2 Å². The number of nitrogens with one attached hydrogen (secondary N) is 1. The molecule has 0 aliphatic carbocycles. The first-order valence-corrected chi connectivity index (χ1v) is 8.34. The molecule has 1 unspecified atom stereocenters. The van der Waals surface area contributed by atoms with Crippen molar-refractivity contribution in [1.29, 1.82) is 0 Å². The maximum absolute atomic E-state index is 5.41. The summed E-state index contributed by atoms with van der Waals surface area (Å²) in [6, 6.07) is 0.656. The van der Waals surface area contributed by atoms with E-state index < -0.39 is 0 Å². The average Bonchev–Trinajstić information content (AvgIpc) is 3.07. The van der Waals surface area contributed by atoms with Crippen LogP contribution in [0.25, 0.3) is 0 Å². The van der Waals surface area contributed by atoms with Gasteiger partial charge in [-0.3, -0.25) is 4.90 Å². The molecule has 0 bridgehead atoms. The van der Waals surface area contributed by atoms with Gasteiger partial charge in [0.05, 0.1) is 5.69 Å². The van der Waals surface area contributed by atoms with E-state index in [9.17, 15) is 0 Å². The fourth-order valence-electron chi connectivity index (χ4n) is 3.09. The largest absolute Gasteiger partial charge is 0.382 e. The van der Waals surface area contributed by atoms with Crippen molar-refractivity contribution in [2.45, 2.75) is 52.6 Å². The Morgan fingerprint density at radius 3 is 3.05 bits per heavy atom. The molecule has 1 N–H and O–H groups in total. The molecule has 0 radical (unpaired) electrons. The predicted octanol–water partition coefficient (Wildman–Crippen LogP) is 2.51. The number of anilines is 1. The minimum Gasteiger partial charge on any atom is -0.382 e. The van der Waals surface area contributed by atoms with Crippen LogP contribution in [0.5, 0.6) is 0 Å². The van der Waals surface area contributed by atoms with Crippen molar-refractivity contribution in [3.63, 3.8) is 0 Å². The lowest BCUT2D eigenvalue weighted by Crippen LogP contribution is -2.35. The van der Waals surface area contributed by atoms with E-state index in [-0.39, 0.29) is 0 Å².